The van der Waals surface area contributed by atoms with E-state index in [-0.39, 0.29) is 11.3 Å². The molecule has 0 aromatic carbocycles. The summed E-state index contributed by atoms with van der Waals surface area (Å²) in [5.41, 5.74) is 2.44. The Morgan fingerprint density at radius 2 is 2.05 bits per heavy atom. The Kier molecular flexibility index (Phi) is 3.34. The molecule has 2 heterocycles. The minimum Gasteiger partial charge on any atom is -0.481 e. The lowest BCUT2D eigenvalue weighted by Crippen LogP contribution is -2.24. The van der Waals surface area contributed by atoms with Gasteiger partial charge in [0.15, 0.2) is 10.8 Å². The summed E-state index contributed by atoms with van der Waals surface area (Å²) in [5, 5.41) is 13.9. The molecular formula is C12H18N4O2S. The molecule has 7 heteroatoms. The van der Waals surface area contributed by atoms with Crippen LogP contribution in [0.5, 0.6) is 0 Å². The summed E-state index contributed by atoms with van der Waals surface area (Å²) < 4.78 is 3.85. The number of hydrogen-bond acceptors (Lipinski definition) is 4. The van der Waals surface area contributed by atoms with Crippen LogP contribution in [0.15, 0.2) is 5.16 Å². The highest BCUT2D eigenvalue weighted by Crippen LogP contribution is 2.31. The summed E-state index contributed by atoms with van der Waals surface area (Å²) in [7, 11) is 1.88. The van der Waals surface area contributed by atoms with Crippen LogP contribution >= 0.6 is 11.8 Å². The van der Waals surface area contributed by atoms with Gasteiger partial charge in [-0.15, -0.1) is 0 Å². The number of hydrogen-bond donors (Lipinski definition) is 1. The number of carboxylic acid groups (broad SMARTS) is 1. The van der Waals surface area contributed by atoms with Crippen molar-refractivity contribution in [2.75, 3.05) is 5.75 Å². The van der Waals surface area contributed by atoms with Gasteiger partial charge >= 0.3 is 5.97 Å². The van der Waals surface area contributed by atoms with Crippen molar-refractivity contribution in [3.8, 4) is 0 Å². The fourth-order valence-corrected chi connectivity index (χ4v) is 2.98. The summed E-state index contributed by atoms with van der Waals surface area (Å²) in [4.78, 5) is 15.3. The smallest absolute Gasteiger partial charge is 0.313 e. The van der Waals surface area contributed by atoms with E-state index in [0.717, 1.165) is 22.0 Å². The van der Waals surface area contributed by atoms with Crippen LogP contribution in [0.1, 0.15) is 26.5 Å². The van der Waals surface area contributed by atoms with Crippen molar-refractivity contribution in [1.82, 2.24) is 19.3 Å². The van der Waals surface area contributed by atoms with E-state index in [9.17, 15) is 4.79 Å². The average molecular weight is 282 g/mol. The van der Waals surface area contributed by atoms with Gasteiger partial charge in [0.2, 0.25) is 0 Å². The molecule has 0 unspecified atom stereocenters. The standard InChI is InChI=1S/C12H18N4O2S/c1-7-9-10(15(5)14-7)16(12(2,3)4)11(13-9)19-6-8(17)18/h6H2,1-5H3,(H,17,18). The van der Waals surface area contributed by atoms with Crippen molar-refractivity contribution in [3.05, 3.63) is 5.69 Å². The first kappa shape index (κ1) is 13.9. The Morgan fingerprint density at radius 3 is 2.58 bits per heavy atom. The number of rotatable bonds is 3. The third-order valence-electron chi connectivity index (χ3n) is 2.77. The summed E-state index contributed by atoms with van der Waals surface area (Å²) >= 11 is 1.24. The maximum absolute atomic E-state index is 10.7. The number of carboxylic acids is 1. The third-order valence-corrected chi connectivity index (χ3v) is 3.69. The lowest BCUT2D eigenvalue weighted by atomic mass is 10.1. The van der Waals surface area contributed by atoms with E-state index in [4.69, 9.17) is 5.11 Å². The van der Waals surface area contributed by atoms with E-state index in [1.54, 1.807) is 4.68 Å². The van der Waals surface area contributed by atoms with Crippen molar-refractivity contribution in [3.63, 3.8) is 0 Å². The first-order chi connectivity index (χ1) is 8.71. The quantitative estimate of drug-likeness (QED) is 0.872. The molecule has 0 aliphatic carbocycles. The molecule has 0 aliphatic rings. The first-order valence-corrected chi connectivity index (χ1v) is 6.97. The summed E-state index contributed by atoms with van der Waals surface area (Å²) in [6, 6.07) is 0. The molecule has 104 valence electrons. The Balaban J connectivity index is 2.63. The second kappa shape index (κ2) is 4.56. The number of thioether (sulfide) groups is 1. The van der Waals surface area contributed by atoms with E-state index >= 15 is 0 Å². The zero-order valence-corrected chi connectivity index (χ0v) is 12.6. The third kappa shape index (κ3) is 2.47. The Labute approximate surface area is 115 Å². The molecule has 19 heavy (non-hydrogen) atoms. The molecule has 0 radical (unpaired) electrons. The highest BCUT2D eigenvalue weighted by molar-refractivity contribution is 7.99. The molecule has 0 atom stereocenters. The van der Waals surface area contributed by atoms with Gasteiger partial charge in [-0.25, -0.2) is 4.98 Å². The summed E-state index contributed by atoms with van der Waals surface area (Å²) in [5.74, 6) is -0.835. The lowest BCUT2D eigenvalue weighted by Gasteiger charge is -2.24. The highest BCUT2D eigenvalue weighted by atomic mass is 32.2. The van der Waals surface area contributed by atoms with Crippen LogP contribution in [-0.2, 0) is 17.4 Å². The van der Waals surface area contributed by atoms with Gasteiger partial charge in [-0.1, -0.05) is 11.8 Å². The molecule has 0 saturated heterocycles. The molecule has 1 N–H and O–H groups in total. The van der Waals surface area contributed by atoms with Gasteiger partial charge in [0, 0.05) is 12.6 Å². The second-order valence-corrected chi connectivity index (χ2v) is 6.41. The van der Waals surface area contributed by atoms with E-state index in [2.05, 4.69) is 35.4 Å². The van der Waals surface area contributed by atoms with Crippen molar-refractivity contribution in [2.45, 2.75) is 38.4 Å². The van der Waals surface area contributed by atoms with Crippen molar-refractivity contribution in [2.24, 2.45) is 7.05 Å². The van der Waals surface area contributed by atoms with Gasteiger partial charge in [-0.3, -0.25) is 14.0 Å². The highest BCUT2D eigenvalue weighted by Gasteiger charge is 2.25. The molecule has 0 bridgehead atoms. The average Bonchev–Trinajstić information content (AvgIpc) is 2.75. The predicted octanol–water partition coefficient (Wildman–Crippen LogP) is 2.01. The number of aryl methyl sites for hydroxylation is 2. The van der Waals surface area contributed by atoms with Gasteiger partial charge in [-0.2, -0.15) is 5.10 Å². The molecule has 0 aliphatic heterocycles. The van der Waals surface area contributed by atoms with Gasteiger partial charge in [0.1, 0.15) is 5.52 Å². The number of fused-ring (bicyclic) bond motifs is 1. The summed E-state index contributed by atoms with van der Waals surface area (Å²) in [6.07, 6.45) is 0. The number of nitrogens with zero attached hydrogens (tertiary/aromatic N) is 4. The molecule has 0 saturated carbocycles. The number of carbonyl (C=O) groups is 1. The van der Waals surface area contributed by atoms with E-state index in [0.29, 0.717) is 0 Å². The van der Waals surface area contributed by atoms with E-state index < -0.39 is 5.97 Å². The summed E-state index contributed by atoms with van der Waals surface area (Å²) in [6.45, 7) is 8.12. The normalized spacial score (nSPS) is 12.3. The van der Waals surface area contributed by atoms with Crippen LogP contribution in [0.3, 0.4) is 0 Å². The van der Waals surface area contributed by atoms with Crippen molar-refractivity contribution >= 4 is 28.9 Å². The number of imidazole rings is 1. The van der Waals surface area contributed by atoms with Crippen LogP contribution in [0, 0.1) is 6.92 Å². The Morgan fingerprint density at radius 1 is 1.42 bits per heavy atom. The minimum atomic E-state index is -0.840. The van der Waals surface area contributed by atoms with Gasteiger partial charge in [0.05, 0.1) is 11.4 Å². The van der Waals surface area contributed by atoms with Crippen LogP contribution in [0.2, 0.25) is 0 Å². The zero-order chi connectivity index (χ0) is 14.4. The Hall–Kier alpha value is -1.50. The topological polar surface area (TPSA) is 72.9 Å². The molecule has 2 aromatic heterocycles. The molecule has 0 amide bonds. The second-order valence-electron chi connectivity index (χ2n) is 5.46. The first-order valence-electron chi connectivity index (χ1n) is 5.99. The molecule has 2 rings (SSSR count). The minimum absolute atomic E-state index is 0.00583. The monoisotopic (exact) mass is 282 g/mol. The number of aliphatic carboxylic acids is 1. The number of aromatic nitrogens is 4. The fourth-order valence-electron chi connectivity index (χ4n) is 2.08. The SMILES string of the molecule is Cc1nn(C)c2c1nc(SCC(=O)O)n2C(C)(C)C. The lowest BCUT2D eigenvalue weighted by molar-refractivity contribution is -0.133. The largest absolute Gasteiger partial charge is 0.481 e. The van der Waals surface area contributed by atoms with Crippen LogP contribution < -0.4 is 0 Å². The van der Waals surface area contributed by atoms with Crippen LogP contribution in [0.25, 0.3) is 11.2 Å². The Bertz CT molecular complexity index is 636. The van der Waals surface area contributed by atoms with Crippen LogP contribution in [0.4, 0.5) is 0 Å². The van der Waals surface area contributed by atoms with Crippen molar-refractivity contribution < 1.29 is 9.90 Å². The van der Waals surface area contributed by atoms with Gasteiger partial charge in [-0.05, 0) is 27.7 Å². The molecule has 0 fully saturated rings. The predicted molar refractivity (Wildman–Crippen MR) is 74.6 cm³/mol. The molecular weight excluding hydrogens is 264 g/mol. The fraction of sp³-hybridized carbons (Fsp3) is 0.583. The molecule has 6 nitrogen and oxygen atoms in total. The zero-order valence-electron chi connectivity index (χ0n) is 11.8. The maximum atomic E-state index is 10.7. The maximum Gasteiger partial charge on any atom is 0.313 e. The van der Waals surface area contributed by atoms with Crippen molar-refractivity contribution in [1.29, 1.82) is 0 Å². The van der Waals surface area contributed by atoms with E-state index in [1.807, 2.05) is 14.0 Å². The van der Waals surface area contributed by atoms with Crippen LogP contribution in [-0.4, -0.2) is 36.2 Å². The molecule has 0 spiro atoms. The van der Waals surface area contributed by atoms with E-state index in [1.165, 1.54) is 11.8 Å². The molecule has 2 aromatic rings. The van der Waals surface area contributed by atoms with Gasteiger partial charge < -0.3 is 5.11 Å². The van der Waals surface area contributed by atoms with Gasteiger partial charge in [0.25, 0.3) is 0 Å².